The average Bonchev–Trinajstić information content (AvgIpc) is 2.57. The summed E-state index contributed by atoms with van der Waals surface area (Å²) in [6.45, 7) is 4.87. The van der Waals surface area contributed by atoms with E-state index in [0.717, 1.165) is 0 Å². The molecular formula is C16H22BrNO5S. The minimum Gasteiger partial charge on any atom is -0.493 e. The maximum Gasteiger partial charge on any atom is 0.310 e. The van der Waals surface area contributed by atoms with Gasteiger partial charge in [0.2, 0.25) is 10.0 Å². The van der Waals surface area contributed by atoms with Crippen LogP contribution in [0.15, 0.2) is 27.6 Å². The van der Waals surface area contributed by atoms with Crippen molar-refractivity contribution in [2.24, 2.45) is 5.92 Å². The van der Waals surface area contributed by atoms with E-state index in [9.17, 15) is 13.2 Å². The molecule has 8 heteroatoms. The molecule has 1 aliphatic heterocycles. The molecule has 0 aliphatic carbocycles. The summed E-state index contributed by atoms with van der Waals surface area (Å²) in [6.07, 6.45) is 1.28. The van der Waals surface area contributed by atoms with Crippen LogP contribution >= 0.6 is 15.9 Å². The molecule has 1 aliphatic rings. The number of carbonyl (C=O) groups is 1. The smallest absolute Gasteiger partial charge is 0.310 e. The molecule has 0 N–H and O–H groups in total. The van der Waals surface area contributed by atoms with Gasteiger partial charge in [-0.2, -0.15) is 4.31 Å². The lowest BCUT2D eigenvalue weighted by Crippen LogP contribution is -2.42. The lowest BCUT2D eigenvalue weighted by atomic mass is 10.0. The van der Waals surface area contributed by atoms with Crippen molar-refractivity contribution in [1.82, 2.24) is 4.31 Å². The molecule has 1 atom stereocenters. The van der Waals surface area contributed by atoms with Gasteiger partial charge in [-0.1, -0.05) is 0 Å². The number of halogens is 1. The number of hydrogen-bond acceptors (Lipinski definition) is 5. The fourth-order valence-electron chi connectivity index (χ4n) is 2.67. The topological polar surface area (TPSA) is 72.9 Å². The van der Waals surface area contributed by atoms with Crippen LogP contribution in [0.3, 0.4) is 0 Å². The van der Waals surface area contributed by atoms with Crippen molar-refractivity contribution in [2.45, 2.75) is 31.6 Å². The summed E-state index contributed by atoms with van der Waals surface area (Å²) in [6, 6.07) is 4.71. The van der Waals surface area contributed by atoms with Crippen LogP contribution in [0, 0.1) is 5.92 Å². The molecular weight excluding hydrogens is 398 g/mol. The van der Waals surface area contributed by atoms with Crippen molar-refractivity contribution in [2.75, 3.05) is 26.3 Å². The molecule has 2 rings (SSSR count). The van der Waals surface area contributed by atoms with Gasteiger partial charge in [-0.25, -0.2) is 8.42 Å². The Morgan fingerprint density at radius 1 is 1.33 bits per heavy atom. The molecule has 1 fully saturated rings. The largest absolute Gasteiger partial charge is 0.493 e. The van der Waals surface area contributed by atoms with E-state index in [2.05, 4.69) is 15.9 Å². The minimum absolute atomic E-state index is 0.154. The van der Waals surface area contributed by atoms with E-state index in [1.165, 1.54) is 16.4 Å². The second-order valence-corrected chi connectivity index (χ2v) is 8.27. The van der Waals surface area contributed by atoms with E-state index in [1.807, 2.05) is 6.92 Å². The Morgan fingerprint density at radius 2 is 2.08 bits per heavy atom. The highest BCUT2D eigenvalue weighted by Gasteiger charge is 2.34. The number of sulfonamides is 1. The van der Waals surface area contributed by atoms with Crippen molar-refractivity contribution in [3.8, 4) is 5.75 Å². The Labute approximate surface area is 151 Å². The van der Waals surface area contributed by atoms with Crippen molar-refractivity contribution < 1.29 is 22.7 Å². The molecule has 1 aromatic carbocycles. The van der Waals surface area contributed by atoms with Gasteiger partial charge in [0.15, 0.2) is 0 Å². The van der Waals surface area contributed by atoms with Gasteiger partial charge in [-0.15, -0.1) is 0 Å². The number of rotatable bonds is 6. The second kappa shape index (κ2) is 8.31. The molecule has 134 valence electrons. The van der Waals surface area contributed by atoms with E-state index in [-0.39, 0.29) is 17.4 Å². The monoisotopic (exact) mass is 419 g/mol. The molecule has 24 heavy (non-hydrogen) atoms. The zero-order chi connectivity index (χ0) is 17.7. The van der Waals surface area contributed by atoms with Gasteiger partial charge in [0.05, 0.1) is 28.5 Å². The van der Waals surface area contributed by atoms with E-state index in [1.54, 1.807) is 13.0 Å². The fraction of sp³-hybridized carbons (Fsp3) is 0.562. The number of carbonyl (C=O) groups excluding carboxylic acids is 1. The molecule has 0 bridgehead atoms. The normalized spacial score (nSPS) is 19.0. The zero-order valence-corrected chi connectivity index (χ0v) is 16.2. The summed E-state index contributed by atoms with van der Waals surface area (Å²) in [4.78, 5) is 12.1. The summed E-state index contributed by atoms with van der Waals surface area (Å²) >= 11 is 3.35. The van der Waals surface area contributed by atoms with Gasteiger partial charge in [-0.05, 0) is 54.8 Å². The lowest BCUT2D eigenvalue weighted by Gasteiger charge is -2.30. The molecule has 1 heterocycles. The van der Waals surface area contributed by atoms with Crippen LogP contribution in [-0.4, -0.2) is 45.0 Å². The first-order valence-electron chi connectivity index (χ1n) is 7.99. The minimum atomic E-state index is -3.68. The highest BCUT2D eigenvalue weighted by molar-refractivity contribution is 9.10. The number of piperidine rings is 1. The average molecular weight is 420 g/mol. The van der Waals surface area contributed by atoms with Crippen LogP contribution in [0.2, 0.25) is 0 Å². The van der Waals surface area contributed by atoms with E-state index < -0.39 is 15.9 Å². The van der Waals surface area contributed by atoms with Crippen LogP contribution in [-0.2, 0) is 19.6 Å². The molecule has 1 saturated heterocycles. The Bertz CT molecular complexity index is 692. The third-order valence-electron chi connectivity index (χ3n) is 3.84. The zero-order valence-electron chi connectivity index (χ0n) is 13.8. The van der Waals surface area contributed by atoms with Crippen molar-refractivity contribution >= 4 is 31.9 Å². The quantitative estimate of drug-likeness (QED) is 0.662. The number of ether oxygens (including phenoxy) is 2. The number of benzene rings is 1. The predicted octanol–water partition coefficient (Wildman–Crippen LogP) is 2.81. The fourth-order valence-corrected chi connectivity index (χ4v) is 4.57. The van der Waals surface area contributed by atoms with Gasteiger partial charge in [0, 0.05) is 19.2 Å². The summed E-state index contributed by atoms with van der Waals surface area (Å²) in [5, 5.41) is 0. The molecule has 0 saturated carbocycles. The van der Waals surface area contributed by atoms with Crippen LogP contribution < -0.4 is 4.74 Å². The maximum atomic E-state index is 12.9. The molecule has 0 radical (unpaired) electrons. The Balaban J connectivity index is 2.23. The number of hydrogen-bond donors (Lipinski definition) is 0. The molecule has 1 aromatic rings. The van der Waals surface area contributed by atoms with Crippen molar-refractivity contribution in [1.29, 1.82) is 0 Å². The van der Waals surface area contributed by atoms with Gasteiger partial charge in [0.25, 0.3) is 0 Å². The molecule has 0 amide bonds. The first-order valence-corrected chi connectivity index (χ1v) is 10.2. The van der Waals surface area contributed by atoms with E-state index >= 15 is 0 Å². The third-order valence-corrected chi connectivity index (χ3v) is 6.36. The molecule has 0 aromatic heterocycles. The van der Waals surface area contributed by atoms with E-state index in [4.69, 9.17) is 9.47 Å². The van der Waals surface area contributed by atoms with Crippen LogP contribution in [0.4, 0.5) is 0 Å². The number of esters is 1. The Kier molecular flexibility index (Phi) is 6.65. The first-order chi connectivity index (χ1) is 11.4. The maximum absolute atomic E-state index is 12.9. The Morgan fingerprint density at radius 3 is 2.75 bits per heavy atom. The van der Waals surface area contributed by atoms with Gasteiger partial charge < -0.3 is 9.47 Å². The highest BCUT2D eigenvalue weighted by Crippen LogP contribution is 2.31. The SMILES string of the molecule is CCOC(=O)[C@H]1CCCN(S(=O)(=O)c2ccc(Br)c(OCC)c2)C1. The lowest BCUT2D eigenvalue weighted by molar-refractivity contribution is -0.149. The van der Waals surface area contributed by atoms with E-state index in [0.29, 0.717) is 42.8 Å². The van der Waals surface area contributed by atoms with Crippen LogP contribution in [0.1, 0.15) is 26.7 Å². The van der Waals surface area contributed by atoms with Crippen molar-refractivity contribution in [3.63, 3.8) is 0 Å². The second-order valence-electron chi connectivity index (χ2n) is 5.48. The van der Waals surface area contributed by atoms with Gasteiger partial charge in [0.1, 0.15) is 5.75 Å². The summed E-state index contributed by atoms with van der Waals surface area (Å²) in [5.74, 6) is -0.254. The third kappa shape index (κ3) is 4.29. The summed E-state index contributed by atoms with van der Waals surface area (Å²) in [7, 11) is -3.68. The Hall–Kier alpha value is -1.12. The number of nitrogens with zero attached hydrogens (tertiary/aromatic N) is 1. The molecule has 0 spiro atoms. The van der Waals surface area contributed by atoms with Crippen molar-refractivity contribution in [3.05, 3.63) is 22.7 Å². The van der Waals surface area contributed by atoms with Gasteiger partial charge >= 0.3 is 5.97 Å². The first kappa shape index (κ1) is 19.2. The van der Waals surface area contributed by atoms with Gasteiger partial charge in [-0.3, -0.25) is 4.79 Å². The highest BCUT2D eigenvalue weighted by atomic mass is 79.9. The standard InChI is InChI=1S/C16H22BrNO5S/c1-3-22-15-10-13(7-8-14(15)17)24(20,21)18-9-5-6-12(11-18)16(19)23-4-2/h7-8,10,12H,3-6,9,11H2,1-2H3/t12-/m0/s1. The summed E-state index contributed by atoms with van der Waals surface area (Å²) < 4.78 is 38.3. The predicted molar refractivity (Wildman–Crippen MR) is 93.4 cm³/mol. The summed E-state index contributed by atoms with van der Waals surface area (Å²) in [5.41, 5.74) is 0. The van der Waals surface area contributed by atoms with Crippen LogP contribution in [0.25, 0.3) is 0 Å². The molecule has 6 nitrogen and oxygen atoms in total. The van der Waals surface area contributed by atoms with Crippen LogP contribution in [0.5, 0.6) is 5.75 Å². The molecule has 0 unspecified atom stereocenters.